The summed E-state index contributed by atoms with van der Waals surface area (Å²) in [5.74, 6) is 0. The number of hydrogen-bond acceptors (Lipinski definition) is 15. The lowest BCUT2D eigenvalue weighted by atomic mass is 9.91. The Morgan fingerprint density at radius 1 is 0.175 bits per heavy atom. The lowest BCUT2D eigenvalue weighted by molar-refractivity contribution is -0.0301. The highest BCUT2D eigenvalue weighted by Crippen LogP contribution is 2.20. The SMILES string of the molecule is CC(C)(C)CCCOCCOCCOCCOCCOCCOCCOCCOCCOCCOCCOCCOCCOCCOCCOCCCC(C)(C)C. The van der Waals surface area contributed by atoms with Crippen LogP contribution >= 0.6 is 0 Å². The number of rotatable bonds is 48. The van der Waals surface area contributed by atoms with Crippen LogP contribution in [0.25, 0.3) is 0 Å². The van der Waals surface area contributed by atoms with Gasteiger partial charge in [0.1, 0.15) is 0 Å². The number of ether oxygens (including phenoxy) is 15. The number of hydrogen-bond donors (Lipinski definition) is 0. The molecule has 15 heteroatoms. The molecule has 344 valence electrons. The first-order valence-electron chi connectivity index (χ1n) is 21.4. The fraction of sp³-hybridized carbons (Fsp3) is 1.00. The third kappa shape index (κ3) is 55.4. The molecular formula is C42H86O15. The van der Waals surface area contributed by atoms with E-state index in [9.17, 15) is 0 Å². The highest BCUT2D eigenvalue weighted by Gasteiger charge is 2.09. The van der Waals surface area contributed by atoms with E-state index in [1.807, 2.05) is 0 Å². The Labute approximate surface area is 346 Å². The molecule has 0 aromatic carbocycles. The van der Waals surface area contributed by atoms with Gasteiger partial charge in [-0.1, -0.05) is 41.5 Å². The van der Waals surface area contributed by atoms with Gasteiger partial charge in [0.15, 0.2) is 0 Å². The van der Waals surface area contributed by atoms with Gasteiger partial charge in [-0.25, -0.2) is 0 Å². The van der Waals surface area contributed by atoms with Gasteiger partial charge in [-0.2, -0.15) is 0 Å². The summed E-state index contributed by atoms with van der Waals surface area (Å²) in [6.45, 7) is 30.0. The van der Waals surface area contributed by atoms with E-state index in [0.29, 0.717) is 196 Å². The minimum absolute atomic E-state index is 0.363. The summed E-state index contributed by atoms with van der Waals surface area (Å²) < 4.78 is 82.8. The van der Waals surface area contributed by atoms with Crippen LogP contribution < -0.4 is 0 Å². The van der Waals surface area contributed by atoms with Crippen molar-refractivity contribution in [3.63, 3.8) is 0 Å². The highest BCUT2D eigenvalue weighted by molar-refractivity contribution is 4.61. The Balaban J connectivity index is 3.08. The molecule has 0 heterocycles. The Hall–Kier alpha value is -0.600. The summed E-state index contributed by atoms with van der Waals surface area (Å²) in [5.41, 5.74) is 0.727. The molecule has 0 N–H and O–H groups in total. The Morgan fingerprint density at radius 3 is 0.386 bits per heavy atom. The van der Waals surface area contributed by atoms with Crippen molar-refractivity contribution in [1.82, 2.24) is 0 Å². The van der Waals surface area contributed by atoms with Crippen LogP contribution in [0.4, 0.5) is 0 Å². The molecule has 0 unspecified atom stereocenters. The molecule has 0 spiro atoms. The second kappa shape index (κ2) is 44.9. The maximum absolute atomic E-state index is 5.58. The maximum Gasteiger partial charge on any atom is 0.0701 e. The van der Waals surface area contributed by atoms with E-state index < -0.39 is 0 Å². The summed E-state index contributed by atoms with van der Waals surface area (Å²) in [6.07, 6.45) is 4.50. The molecular weight excluding hydrogens is 744 g/mol. The van der Waals surface area contributed by atoms with Crippen molar-refractivity contribution >= 4 is 0 Å². The first-order chi connectivity index (χ1) is 27.7. The van der Waals surface area contributed by atoms with Gasteiger partial charge in [0.2, 0.25) is 0 Å². The van der Waals surface area contributed by atoms with Gasteiger partial charge in [-0.05, 0) is 36.5 Å². The lowest BCUT2D eigenvalue weighted by Gasteiger charge is -2.17. The van der Waals surface area contributed by atoms with Crippen molar-refractivity contribution in [2.24, 2.45) is 10.8 Å². The minimum atomic E-state index is 0.363. The molecule has 57 heavy (non-hydrogen) atoms. The van der Waals surface area contributed by atoms with Crippen molar-refractivity contribution < 1.29 is 71.1 Å². The molecule has 0 aliphatic rings. The lowest BCUT2D eigenvalue weighted by Crippen LogP contribution is -2.15. The Bertz CT molecular complexity index is 692. The van der Waals surface area contributed by atoms with Gasteiger partial charge in [0, 0.05) is 13.2 Å². The van der Waals surface area contributed by atoms with E-state index in [4.69, 9.17) is 71.1 Å². The summed E-state index contributed by atoms with van der Waals surface area (Å²) in [4.78, 5) is 0. The topological polar surface area (TPSA) is 138 Å². The monoisotopic (exact) mass is 831 g/mol. The molecule has 15 nitrogen and oxygen atoms in total. The van der Waals surface area contributed by atoms with E-state index >= 15 is 0 Å². The molecule has 0 amide bonds. The molecule has 0 saturated heterocycles. The Morgan fingerprint density at radius 2 is 0.281 bits per heavy atom. The molecule has 0 rings (SSSR count). The first-order valence-corrected chi connectivity index (χ1v) is 21.4. The molecule has 0 aliphatic heterocycles. The van der Waals surface area contributed by atoms with E-state index in [1.54, 1.807) is 0 Å². The van der Waals surface area contributed by atoms with Crippen LogP contribution in [-0.2, 0) is 71.1 Å². The van der Waals surface area contributed by atoms with Gasteiger partial charge in [-0.15, -0.1) is 0 Å². The molecule has 0 radical (unpaired) electrons. The fourth-order valence-electron chi connectivity index (χ4n) is 4.59. The molecule has 0 bridgehead atoms. The average molecular weight is 831 g/mol. The van der Waals surface area contributed by atoms with Gasteiger partial charge in [0.25, 0.3) is 0 Å². The van der Waals surface area contributed by atoms with E-state index in [-0.39, 0.29) is 0 Å². The zero-order valence-corrected chi connectivity index (χ0v) is 37.2. The standard InChI is InChI=1S/C42H86O15/c1-41(2,3)9-7-11-43-13-15-45-17-19-47-21-23-49-25-27-51-29-31-53-33-35-55-37-39-57-40-38-56-36-34-54-32-30-52-28-26-50-24-22-48-20-18-46-16-14-44-12-8-10-42(4,5)6/h7-40H2,1-6H3. The zero-order chi connectivity index (χ0) is 41.6. The average Bonchev–Trinajstić information content (AvgIpc) is 3.16. The van der Waals surface area contributed by atoms with Gasteiger partial charge in [-0.3, -0.25) is 0 Å². The first kappa shape index (κ1) is 56.4. The van der Waals surface area contributed by atoms with Crippen LogP contribution in [0.1, 0.15) is 67.2 Å². The van der Waals surface area contributed by atoms with Crippen molar-refractivity contribution in [3.8, 4) is 0 Å². The minimum Gasteiger partial charge on any atom is -0.379 e. The van der Waals surface area contributed by atoms with Crippen LogP contribution in [0.2, 0.25) is 0 Å². The van der Waals surface area contributed by atoms with Crippen molar-refractivity contribution in [2.75, 3.05) is 198 Å². The summed E-state index contributed by atoms with van der Waals surface area (Å²) >= 11 is 0. The van der Waals surface area contributed by atoms with Crippen LogP contribution in [0.5, 0.6) is 0 Å². The predicted molar refractivity (Wildman–Crippen MR) is 220 cm³/mol. The largest absolute Gasteiger partial charge is 0.379 e. The van der Waals surface area contributed by atoms with E-state index in [0.717, 1.165) is 26.1 Å². The Kier molecular flexibility index (Phi) is 44.5. The second-order valence-corrected chi connectivity index (χ2v) is 15.5. The van der Waals surface area contributed by atoms with Gasteiger partial charge < -0.3 is 71.1 Å². The molecule has 0 saturated carbocycles. The highest BCUT2D eigenvalue weighted by atomic mass is 16.6. The third-order valence-corrected chi connectivity index (χ3v) is 7.64. The molecule has 0 fully saturated rings. The second-order valence-electron chi connectivity index (χ2n) is 15.5. The third-order valence-electron chi connectivity index (χ3n) is 7.64. The zero-order valence-electron chi connectivity index (χ0n) is 37.2. The summed E-state index contributed by atoms with van der Waals surface area (Å²) in [5, 5.41) is 0. The van der Waals surface area contributed by atoms with Crippen molar-refractivity contribution in [2.45, 2.75) is 67.2 Å². The van der Waals surface area contributed by atoms with Crippen molar-refractivity contribution in [1.29, 1.82) is 0 Å². The quantitative estimate of drug-likeness (QED) is 0.0770. The molecule has 0 aliphatic carbocycles. The van der Waals surface area contributed by atoms with Gasteiger partial charge >= 0.3 is 0 Å². The smallest absolute Gasteiger partial charge is 0.0701 e. The molecule has 0 aromatic rings. The van der Waals surface area contributed by atoms with E-state index in [1.165, 1.54) is 12.8 Å². The summed E-state index contributed by atoms with van der Waals surface area (Å²) in [6, 6.07) is 0. The summed E-state index contributed by atoms with van der Waals surface area (Å²) in [7, 11) is 0. The fourth-order valence-corrected chi connectivity index (χ4v) is 4.59. The van der Waals surface area contributed by atoms with Crippen LogP contribution in [0.3, 0.4) is 0 Å². The normalized spacial score (nSPS) is 12.3. The molecule has 0 atom stereocenters. The predicted octanol–water partition coefficient (Wildman–Crippen LogP) is 4.89. The van der Waals surface area contributed by atoms with Gasteiger partial charge in [0.05, 0.1) is 185 Å². The van der Waals surface area contributed by atoms with Crippen LogP contribution in [0, 0.1) is 10.8 Å². The van der Waals surface area contributed by atoms with E-state index in [2.05, 4.69) is 41.5 Å². The molecule has 0 aromatic heterocycles. The van der Waals surface area contributed by atoms with Crippen molar-refractivity contribution in [3.05, 3.63) is 0 Å². The van der Waals surface area contributed by atoms with Crippen LogP contribution in [0.15, 0.2) is 0 Å². The van der Waals surface area contributed by atoms with Crippen LogP contribution in [-0.4, -0.2) is 198 Å². The maximum atomic E-state index is 5.58.